The van der Waals surface area contributed by atoms with Crippen LogP contribution < -0.4 is 0 Å². The zero-order chi connectivity index (χ0) is 8.55. The molecule has 4 atom stereocenters. The average Bonchev–Trinajstić information content (AvgIpc) is 2.44. The first-order valence-corrected chi connectivity index (χ1v) is 4.74. The Labute approximate surface area is 72.7 Å². The van der Waals surface area contributed by atoms with Gasteiger partial charge in [-0.2, -0.15) is 0 Å². The lowest BCUT2D eigenvalue weighted by Crippen LogP contribution is -2.15. The lowest BCUT2D eigenvalue weighted by atomic mass is 10.0. The fraction of sp³-hybridized carbons (Fsp3) is 1.00. The molecule has 0 amide bonds. The average molecular weight is 172 g/mol. The number of hydrogen-bond donors (Lipinski definition) is 1. The standard InChI is InChI=1S/C9H16O3/c1-2-11-9-4-6-3-7(10)5-8(6)12-9/h6-10H,2-5H2,1H3/t6-,7-,8-,9?/m1/s1. The molecule has 12 heavy (non-hydrogen) atoms. The van der Waals surface area contributed by atoms with Crippen LogP contribution in [0.2, 0.25) is 0 Å². The van der Waals surface area contributed by atoms with Gasteiger partial charge in [0.05, 0.1) is 12.2 Å². The van der Waals surface area contributed by atoms with Crippen LogP contribution in [0.25, 0.3) is 0 Å². The predicted octanol–water partition coefficient (Wildman–Crippen LogP) is 0.909. The molecule has 1 saturated carbocycles. The van der Waals surface area contributed by atoms with Gasteiger partial charge in [-0.1, -0.05) is 0 Å². The van der Waals surface area contributed by atoms with E-state index in [-0.39, 0.29) is 18.5 Å². The molecule has 0 aromatic rings. The minimum atomic E-state index is -0.137. The number of fused-ring (bicyclic) bond motifs is 1. The third-order valence-corrected chi connectivity index (χ3v) is 2.78. The molecule has 0 aromatic heterocycles. The van der Waals surface area contributed by atoms with Crippen LogP contribution in [0.15, 0.2) is 0 Å². The zero-order valence-corrected chi connectivity index (χ0v) is 7.40. The highest BCUT2D eigenvalue weighted by molar-refractivity contribution is 4.89. The van der Waals surface area contributed by atoms with Gasteiger partial charge in [0.15, 0.2) is 6.29 Å². The zero-order valence-electron chi connectivity index (χ0n) is 7.40. The topological polar surface area (TPSA) is 38.7 Å². The van der Waals surface area contributed by atoms with E-state index in [4.69, 9.17) is 9.47 Å². The smallest absolute Gasteiger partial charge is 0.158 e. The van der Waals surface area contributed by atoms with Crippen LogP contribution in [-0.2, 0) is 9.47 Å². The molecule has 1 heterocycles. The van der Waals surface area contributed by atoms with Gasteiger partial charge < -0.3 is 14.6 Å². The van der Waals surface area contributed by atoms with Crippen LogP contribution in [0.4, 0.5) is 0 Å². The van der Waals surface area contributed by atoms with E-state index < -0.39 is 0 Å². The summed E-state index contributed by atoms with van der Waals surface area (Å²) in [5, 5.41) is 9.33. The van der Waals surface area contributed by atoms with Crippen molar-refractivity contribution in [3.8, 4) is 0 Å². The summed E-state index contributed by atoms with van der Waals surface area (Å²) < 4.78 is 11.0. The molecule has 1 aliphatic heterocycles. The Bertz CT molecular complexity index is 146. The molecule has 0 bridgehead atoms. The van der Waals surface area contributed by atoms with Gasteiger partial charge in [-0.05, 0) is 25.7 Å². The normalized spacial score (nSPS) is 46.5. The maximum Gasteiger partial charge on any atom is 0.158 e. The molecule has 1 saturated heterocycles. The lowest BCUT2D eigenvalue weighted by Gasteiger charge is -2.12. The Morgan fingerprint density at radius 1 is 1.42 bits per heavy atom. The molecule has 1 unspecified atom stereocenters. The van der Waals surface area contributed by atoms with Crippen LogP contribution in [0.3, 0.4) is 0 Å². The number of aliphatic hydroxyl groups is 1. The molecule has 70 valence electrons. The van der Waals surface area contributed by atoms with Crippen molar-refractivity contribution in [1.82, 2.24) is 0 Å². The molecular weight excluding hydrogens is 156 g/mol. The highest BCUT2D eigenvalue weighted by Crippen LogP contribution is 2.39. The molecule has 0 aromatic carbocycles. The quantitative estimate of drug-likeness (QED) is 0.672. The van der Waals surface area contributed by atoms with Gasteiger partial charge in [0.2, 0.25) is 0 Å². The van der Waals surface area contributed by atoms with Gasteiger partial charge in [0, 0.05) is 13.0 Å². The first-order chi connectivity index (χ1) is 5.79. The van der Waals surface area contributed by atoms with Gasteiger partial charge in [-0.3, -0.25) is 0 Å². The van der Waals surface area contributed by atoms with Crippen molar-refractivity contribution in [2.75, 3.05) is 6.61 Å². The van der Waals surface area contributed by atoms with Gasteiger partial charge in [0.25, 0.3) is 0 Å². The summed E-state index contributed by atoms with van der Waals surface area (Å²) in [6, 6.07) is 0. The molecule has 0 radical (unpaired) electrons. The van der Waals surface area contributed by atoms with E-state index in [1.54, 1.807) is 0 Å². The summed E-state index contributed by atoms with van der Waals surface area (Å²) >= 11 is 0. The van der Waals surface area contributed by atoms with Crippen LogP contribution >= 0.6 is 0 Å². The molecule has 1 N–H and O–H groups in total. The second-order valence-corrected chi connectivity index (χ2v) is 3.68. The Balaban J connectivity index is 1.85. The summed E-state index contributed by atoms with van der Waals surface area (Å²) in [7, 11) is 0. The Morgan fingerprint density at radius 2 is 2.25 bits per heavy atom. The summed E-state index contributed by atoms with van der Waals surface area (Å²) in [4.78, 5) is 0. The molecule has 3 nitrogen and oxygen atoms in total. The van der Waals surface area contributed by atoms with Crippen LogP contribution in [0, 0.1) is 5.92 Å². The molecule has 2 fully saturated rings. The fourth-order valence-corrected chi connectivity index (χ4v) is 2.26. The maximum atomic E-state index is 9.33. The number of aliphatic hydroxyl groups excluding tert-OH is 1. The molecule has 1 aliphatic carbocycles. The van der Waals surface area contributed by atoms with E-state index in [1.165, 1.54) is 0 Å². The van der Waals surface area contributed by atoms with Crippen LogP contribution in [-0.4, -0.2) is 30.2 Å². The third-order valence-electron chi connectivity index (χ3n) is 2.78. The fourth-order valence-electron chi connectivity index (χ4n) is 2.26. The summed E-state index contributed by atoms with van der Waals surface area (Å²) in [6.45, 7) is 2.69. The second kappa shape index (κ2) is 3.32. The first-order valence-electron chi connectivity index (χ1n) is 4.74. The minimum absolute atomic E-state index is 0.00231. The highest BCUT2D eigenvalue weighted by atomic mass is 16.7. The largest absolute Gasteiger partial charge is 0.393 e. The van der Waals surface area contributed by atoms with Crippen molar-refractivity contribution < 1.29 is 14.6 Å². The van der Waals surface area contributed by atoms with Crippen molar-refractivity contribution in [1.29, 1.82) is 0 Å². The van der Waals surface area contributed by atoms with E-state index in [0.29, 0.717) is 12.5 Å². The van der Waals surface area contributed by atoms with Crippen molar-refractivity contribution >= 4 is 0 Å². The maximum absolute atomic E-state index is 9.33. The van der Waals surface area contributed by atoms with Gasteiger partial charge in [-0.15, -0.1) is 0 Å². The second-order valence-electron chi connectivity index (χ2n) is 3.68. The van der Waals surface area contributed by atoms with Crippen LogP contribution in [0.1, 0.15) is 26.2 Å². The number of rotatable bonds is 2. The monoisotopic (exact) mass is 172 g/mol. The van der Waals surface area contributed by atoms with Gasteiger partial charge in [-0.25, -0.2) is 0 Å². The van der Waals surface area contributed by atoms with E-state index in [1.807, 2.05) is 6.92 Å². The summed E-state index contributed by atoms with van der Waals surface area (Å²) in [5.74, 6) is 0.538. The van der Waals surface area contributed by atoms with E-state index >= 15 is 0 Å². The molecule has 0 spiro atoms. The van der Waals surface area contributed by atoms with E-state index in [0.717, 1.165) is 19.3 Å². The minimum Gasteiger partial charge on any atom is -0.393 e. The Morgan fingerprint density at radius 3 is 2.92 bits per heavy atom. The van der Waals surface area contributed by atoms with Crippen molar-refractivity contribution in [3.63, 3.8) is 0 Å². The number of hydrogen-bond acceptors (Lipinski definition) is 3. The number of ether oxygens (including phenoxy) is 2. The van der Waals surface area contributed by atoms with Crippen molar-refractivity contribution in [2.24, 2.45) is 5.92 Å². The van der Waals surface area contributed by atoms with Gasteiger partial charge >= 0.3 is 0 Å². The lowest BCUT2D eigenvalue weighted by molar-refractivity contribution is -0.133. The Kier molecular flexibility index (Phi) is 2.35. The van der Waals surface area contributed by atoms with Gasteiger partial charge in [0.1, 0.15) is 0 Å². The van der Waals surface area contributed by atoms with E-state index in [9.17, 15) is 5.11 Å². The molecule has 2 rings (SSSR count). The van der Waals surface area contributed by atoms with Crippen molar-refractivity contribution in [3.05, 3.63) is 0 Å². The summed E-state index contributed by atoms with van der Waals surface area (Å²) in [5.41, 5.74) is 0. The predicted molar refractivity (Wildman–Crippen MR) is 43.6 cm³/mol. The highest BCUT2D eigenvalue weighted by Gasteiger charge is 2.42. The third kappa shape index (κ3) is 1.49. The van der Waals surface area contributed by atoms with Crippen LogP contribution in [0.5, 0.6) is 0 Å². The molecule has 2 aliphatic rings. The SMILES string of the molecule is CCOC1C[C@H]2C[C@@H](O)C[C@H]2O1. The molecular formula is C9H16O3. The molecule has 3 heteroatoms. The summed E-state index contributed by atoms with van der Waals surface area (Å²) in [6.07, 6.45) is 2.79. The van der Waals surface area contributed by atoms with Crippen molar-refractivity contribution in [2.45, 2.75) is 44.7 Å². The Hall–Kier alpha value is -0.120. The van der Waals surface area contributed by atoms with E-state index in [2.05, 4.69) is 0 Å². The first kappa shape index (κ1) is 8.48.